The van der Waals surface area contributed by atoms with E-state index in [1.54, 1.807) is 24.3 Å². The van der Waals surface area contributed by atoms with Crippen molar-refractivity contribution < 1.29 is 5.11 Å². The number of aromatic nitrogens is 2. The predicted molar refractivity (Wildman–Crippen MR) is 67.6 cm³/mol. The maximum absolute atomic E-state index is 10.2. The average Bonchev–Trinajstić information content (AvgIpc) is 2.29. The number of nitrogens with zero attached hydrogens (tertiary/aromatic N) is 2. The topological polar surface area (TPSA) is 46.0 Å². The summed E-state index contributed by atoms with van der Waals surface area (Å²) in [5, 5.41) is 10.8. The van der Waals surface area contributed by atoms with Gasteiger partial charge in [-0.2, -0.15) is 0 Å². The van der Waals surface area contributed by atoms with Crippen molar-refractivity contribution in [1.29, 1.82) is 0 Å². The summed E-state index contributed by atoms with van der Waals surface area (Å²) in [5.41, 5.74) is 0.761. The van der Waals surface area contributed by atoms with Crippen molar-refractivity contribution in [3.05, 3.63) is 57.0 Å². The molecule has 3 nitrogen and oxygen atoms in total. The number of aliphatic hydroxyl groups excluding tert-OH is 1. The van der Waals surface area contributed by atoms with Crippen molar-refractivity contribution >= 4 is 34.8 Å². The van der Waals surface area contributed by atoms with E-state index in [4.69, 9.17) is 34.8 Å². The summed E-state index contributed by atoms with van der Waals surface area (Å²) in [5.74, 6) is 0. The van der Waals surface area contributed by atoms with Gasteiger partial charge in [-0.25, -0.2) is 9.97 Å². The van der Waals surface area contributed by atoms with Gasteiger partial charge in [0.05, 0.1) is 5.56 Å². The van der Waals surface area contributed by atoms with E-state index in [9.17, 15) is 5.11 Å². The number of halogens is 3. The molecule has 17 heavy (non-hydrogen) atoms. The highest BCUT2D eigenvalue weighted by Crippen LogP contribution is 2.34. The molecule has 0 saturated heterocycles. The van der Waals surface area contributed by atoms with E-state index in [-0.39, 0.29) is 15.9 Å². The first-order chi connectivity index (χ1) is 8.11. The Balaban J connectivity index is 2.51. The molecule has 0 aliphatic carbocycles. The lowest BCUT2D eigenvalue weighted by molar-refractivity contribution is 0.219. The molecule has 1 heterocycles. The van der Waals surface area contributed by atoms with E-state index in [0.717, 1.165) is 0 Å². The van der Waals surface area contributed by atoms with Crippen molar-refractivity contribution in [2.75, 3.05) is 0 Å². The van der Waals surface area contributed by atoms with Crippen LogP contribution in [0.1, 0.15) is 17.2 Å². The second kappa shape index (κ2) is 5.19. The van der Waals surface area contributed by atoms with Crippen LogP contribution in [0.5, 0.6) is 0 Å². The minimum atomic E-state index is -1.05. The summed E-state index contributed by atoms with van der Waals surface area (Å²) in [7, 11) is 0. The molecule has 0 fully saturated rings. The van der Waals surface area contributed by atoms with Gasteiger partial charge >= 0.3 is 0 Å². The second-order valence-corrected chi connectivity index (χ2v) is 4.42. The van der Waals surface area contributed by atoms with Crippen LogP contribution in [0, 0.1) is 0 Å². The van der Waals surface area contributed by atoms with Crippen LogP contribution in [-0.4, -0.2) is 15.1 Å². The third kappa shape index (κ3) is 2.53. The molecule has 0 aliphatic rings. The Morgan fingerprint density at radius 1 is 1.00 bits per heavy atom. The molecule has 2 aromatic rings. The first-order valence-corrected chi connectivity index (χ1v) is 5.83. The first-order valence-electron chi connectivity index (χ1n) is 4.69. The molecule has 2 rings (SSSR count). The minimum Gasteiger partial charge on any atom is -0.383 e. The van der Waals surface area contributed by atoms with Crippen LogP contribution < -0.4 is 0 Å². The first kappa shape index (κ1) is 12.6. The molecule has 6 heteroatoms. The lowest BCUT2D eigenvalue weighted by Gasteiger charge is -2.14. The number of aliphatic hydroxyl groups is 1. The zero-order valence-electron chi connectivity index (χ0n) is 8.44. The maximum Gasteiger partial charge on any atom is 0.140 e. The molecule has 88 valence electrons. The maximum atomic E-state index is 10.2. The fourth-order valence-corrected chi connectivity index (χ4v) is 2.19. The SMILES string of the molecule is OC(c1ccccc1Cl)c1c(Cl)ncnc1Cl. The third-order valence-electron chi connectivity index (χ3n) is 2.26. The molecule has 1 N–H and O–H groups in total. The standard InChI is InChI=1S/C11H7Cl3N2O/c12-7-4-2-1-3-6(7)9(17)8-10(13)15-5-16-11(8)14/h1-5,9,17H. The van der Waals surface area contributed by atoms with Crippen LogP contribution in [0.15, 0.2) is 30.6 Å². The van der Waals surface area contributed by atoms with Crippen molar-refractivity contribution in [3.8, 4) is 0 Å². The van der Waals surface area contributed by atoms with Gasteiger partial charge in [0, 0.05) is 10.6 Å². The monoisotopic (exact) mass is 288 g/mol. The van der Waals surface area contributed by atoms with Crippen LogP contribution in [-0.2, 0) is 0 Å². The molecular weight excluding hydrogens is 282 g/mol. The van der Waals surface area contributed by atoms with E-state index >= 15 is 0 Å². The largest absolute Gasteiger partial charge is 0.383 e. The Kier molecular flexibility index (Phi) is 3.84. The van der Waals surface area contributed by atoms with E-state index in [1.807, 2.05) is 0 Å². The number of rotatable bonds is 2. The molecule has 1 aromatic heterocycles. The summed E-state index contributed by atoms with van der Waals surface area (Å²) >= 11 is 17.8. The van der Waals surface area contributed by atoms with Crippen molar-refractivity contribution in [2.24, 2.45) is 0 Å². The third-order valence-corrected chi connectivity index (χ3v) is 3.21. The van der Waals surface area contributed by atoms with Gasteiger partial charge in [0.1, 0.15) is 22.7 Å². The molecule has 1 unspecified atom stereocenters. The highest BCUT2D eigenvalue weighted by atomic mass is 35.5. The Bertz CT molecular complexity index is 528. The van der Waals surface area contributed by atoms with Gasteiger partial charge in [-0.05, 0) is 6.07 Å². The average molecular weight is 290 g/mol. The predicted octanol–water partition coefficient (Wildman–Crippen LogP) is 3.52. The van der Waals surface area contributed by atoms with Gasteiger partial charge < -0.3 is 5.11 Å². The van der Waals surface area contributed by atoms with Crippen molar-refractivity contribution in [1.82, 2.24) is 9.97 Å². The van der Waals surface area contributed by atoms with Gasteiger partial charge in [-0.15, -0.1) is 0 Å². The Morgan fingerprint density at radius 2 is 1.59 bits per heavy atom. The molecule has 0 spiro atoms. The van der Waals surface area contributed by atoms with Crippen molar-refractivity contribution in [2.45, 2.75) is 6.10 Å². The van der Waals surface area contributed by atoms with E-state index in [0.29, 0.717) is 10.6 Å². The van der Waals surface area contributed by atoms with Gasteiger partial charge in [-0.3, -0.25) is 0 Å². The lowest BCUT2D eigenvalue weighted by atomic mass is 10.0. The van der Waals surface area contributed by atoms with E-state index in [1.165, 1.54) is 6.33 Å². The summed E-state index contributed by atoms with van der Waals surface area (Å²) < 4.78 is 0. The zero-order chi connectivity index (χ0) is 12.4. The van der Waals surface area contributed by atoms with Gasteiger partial charge in [-0.1, -0.05) is 53.0 Å². The molecule has 0 aliphatic heterocycles. The normalized spacial score (nSPS) is 12.5. The highest BCUT2D eigenvalue weighted by Gasteiger charge is 2.21. The van der Waals surface area contributed by atoms with Crippen LogP contribution >= 0.6 is 34.8 Å². The summed E-state index contributed by atoms with van der Waals surface area (Å²) in [6.45, 7) is 0. The van der Waals surface area contributed by atoms with Crippen LogP contribution in [0.2, 0.25) is 15.3 Å². The Morgan fingerprint density at radius 3 is 2.18 bits per heavy atom. The smallest absolute Gasteiger partial charge is 0.140 e. The van der Waals surface area contributed by atoms with E-state index in [2.05, 4.69) is 9.97 Å². The molecule has 1 aromatic carbocycles. The molecule has 0 amide bonds. The zero-order valence-corrected chi connectivity index (χ0v) is 10.7. The van der Waals surface area contributed by atoms with Crippen LogP contribution in [0.25, 0.3) is 0 Å². The molecule has 1 atom stereocenters. The van der Waals surface area contributed by atoms with Gasteiger partial charge in [0.15, 0.2) is 0 Å². The fourth-order valence-electron chi connectivity index (χ4n) is 1.43. The second-order valence-electron chi connectivity index (χ2n) is 3.29. The van der Waals surface area contributed by atoms with Crippen LogP contribution in [0.4, 0.5) is 0 Å². The Labute approximate surface area is 113 Å². The lowest BCUT2D eigenvalue weighted by Crippen LogP contribution is -2.04. The fraction of sp³-hybridized carbons (Fsp3) is 0.0909. The summed E-state index contributed by atoms with van der Waals surface area (Å²) in [6.07, 6.45) is 0.179. The summed E-state index contributed by atoms with van der Waals surface area (Å²) in [6, 6.07) is 6.89. The van der Waals surface area contributed by atoms with Crippen LogP contribution in [0.3, 0.4) is 0 Å². The molecule has 0 bridgehead atoms. The highest BCUT2D eigenvalue weighted by molar-refractivity contribution is 6.35. The Hall–Kier alpha value is -0.870. The van der Waals surface area contributed by atoms with E-state index < -0.39 is 6.10 Å². The molecular formula is C11H7Cl3N2O. The molecule has 0 saturated carbocycles. The summed E-state index contributed by atoms with van der Waals surface area (Å²) in [4.78, 5) is 7.57. The number of hydrogen-bond donors (Lipinski definition) is 1. The van der Waals surface area contributed by atoms with Crippen molar-refractivity contribution in [3.63, 3.8) is 0 Å². The minimum absolute atomic E-state index is 0.109. The number of hydrogen-bond acceptors (Lipinski definition) is 3. The van der Waals surface area contributed by atoms with Gasteiger partial charge in [0.25, 0.3) is 0 Å². The molecule has 0 radical (unpaired) electrons. The quantitative estimate of drug-likeness (QED) is 0.860. The number of benzene rings is 1. The van der Waals surface area contributed by atoms with Gasteiger partial charge in [0.2, 0.25) is 0 Å².